The highest BCUT2D eigenvalue weighted by atomic mass is 79.9. The highest BCUT2D eigenvalue weighted by molar-refractivity contribution is 9.10. The summed E-state index contributed by atoms with van der Waals surface area (Å²) in [5.41, 5.74) is 1.14. The van der Waals surface area contributed by atoms with Crippen LogP contribution in [0.3, 0.4) is 0 Å². The van der Waals surface area contributed by atoms with E-state index in [0.717, 1.165) is 14.9 Å². The van der Waals surface area contributed by atoms with Crippen LogP contribution >= 0.6 is 27.3 Å². The number of hydrogen-bond donors (Lipinski definition) is 1. The van der Waals surface area contributed by atoms with Gasteiger partial charge < -0.3 is 5.11 Å². The standard InChI is InChI=1S/C15H16BrNO2S/c16-13-6-9-20-15(13)14(19)11-17(7-8-18)10-12-4-2-1-3-5-12/h1-6,9,18H,7-8,10-11H2. The van der Waals surface area contributed by atoms with Crippen LogP contribution in [0.2, 0.25) is 0 Å². The number of aliphatic hydroxyl groups is 1. The third kappa shape index (κ3) is 4.24. The molecule has 0 aliphatic rings. The van der Waals surface area contributed by atoms with Gasteiger partial charge in [-0.1, -0.05) is 30.3 Å². The summed E-state index contributed by atoms with van der Waals surface area (Å²) in [5, 5.41) is 11.0. The van der Waals surface area contributed by atoms with Crippen LogP contribution in [0.15, 0.2) is 46.3 Å². The van der Waals surface area contributed by atoms with Crippen LogP contribution in [-0.2, 0) is 6.54 Å². The van der Waals surface area contributed by atoms with Crippen molar-refractivity contribution >= 4 is 33.0 Å². The number of Topliss-reactive ketones (excluding diaryl/α,β-unsaturated/α-hetero) is 1. The predicted octanol–water partition coefficient (Wildman–Crippen LogP) is 3.19. The van der Waals surface area contributed by atoms with E-state index in [9.17, 15) is 4.79 Å². The van der Waals surface area contributed by atoms with Crippen LogP contribution in [0.4, 0.5) is 0 Å². The quantitative estimate of drug-likeness (QED) is 0.777. The Morgan fingerprint density at radius 3 is 2.60 bits per heavy atom. The summed E-state index contributed by atoms with van der Waals surface area (Å²) in [7, 11) is 0. The topological polar surface area (TPSA) is 40.5 Å². The second kappa shape index (κ2) is 7.69. The van der Waals surface area contributed by atoms with Crippen LogP contribution in [0, 0.1) is 0 Å². The third-order valence-electron chi connectivity index (χ3n) is 2.90. The van der Waals surface area contributed by atoms with E-state index in [-0.39, 0.29) is 12.4 Å². The second-order valence-electron chi connectivity index (χ2n) is 4.44. The van der Waals surface area contributed by atoms with Crippen LogP contribution in [0.1, 0.15) is 15.2 Å². The molecule has 106 valence electrons. The van der Waals surface area contributed by atoms with Gasteiger partial charge in [-0.2, -0.15) is 0 Å². The van der Waals surface area contributed by atoms with Gasteiger partial charge in [0.2, 0.25) is 0 Å². The summed E-state index contributed by atoms with van der Waals surface area (Å²) in [4.78, 5) is 15.0. The molecule has 0 amide bonds. The summed E-state index contributed by atoms with van der Waals surface area (Å²) in [6.07, 6.45) is 0. The molecule has 1 N–H and O–H groups in total. The molecule has 0 fully saturated rings. The van der Waals surface area contributed by atoms with Gasteiger partial charge in [-0.15, -0.1) is 11.3 Å². The van der Waals surface area contributed by atoms with Gasteiger partial charge in [-0.25, -0.2) is 0 Å². The highest BCUT2D eigenvalue weighted by Gasteiger charge is 2.16. The van der Waals surface area contributed by atoms with Gasteiger partial charge in [0.05, 0.1) is 18.0 Å². The van der Waals surface area contributed by atoms with E-state index in [4.69, 9.17) is 5.11 Å². The number of carbonyl (C=O) groups excluding carboxylic acids is 1. The molecule has 0 saturated carbocycles. The SMILES string of the molecule is O=C(CN(CCO)Cc1ccccc1)c1sccc1Br. The lowest BCUT2D eigenvalue weighted by atomic mass is 10.2. The Balaban J connectivity index is 2.02. The van der Waals surface area contributed by atoms with E-state index in [1.807, 2.05) is 46.7 Å². The van der Waals surface area contributed by atoms with Gasteiger partial charge in [0.15, 0.2) is 5.78 Å². The smallest absolute Gasteiger partial charge is 0.187 e. The van der Waals surface area contributed by atoms with Crippen molar-refractivity contribution in [2.75, 3.05) is 19.7 Å². The number of benzene rings is 1. The summed E-state index contributed by atoms with van der Waals surface area (Å²) in [6.45, 7) is 1.51. The highest BCUT2D eigenvalue weighted by Crippen LogP contribution is 2.23. The third-order valence-corrected chi connectivity index (χ3v) is 4.78. The van der Waals surface area contributed by atoms with Crippen molar-refractivity contribution in [3.63, 3.8) is 0 Å². The minimum absolute atomic E-state index is 0.0473. The molecule has 2 rings (SSSR count). The van der Waals surface area contributed by atoms with E-state index >= 15 is 0 Å². The van der Waals surface area contributed by atoms with Gasteiger partial charge in [0.25, 0.3) is 0 Å². The molecule has 0 aliphatic heterocycles. The van der Waals surface area contributed by atoms with Gasteiger partial charge in [-0.3, -0.25) is 9.69 Å². The largest absolute Gasteiger partial charge is 0.395 e. The Morgan fingerprint density at radius 2 is 2.00 bits per heavy atom. The van der Waals surface area contributed by atoms with Crippen molar-refractivity contribution in [2.45, 2.75) is 6.54 Å². The van der Waals surface area contributed by atoms with E-state index in [0.29, 0.717) is 19.6 Å². The number of ketones is 1. The molecular formula is C15H16BrNO2S. The zero-order valence-electron chi connectivity index (χ0n) is 11.0. The number of halogens is 1. The lowest BCUT2D eigenvalue weighted by Crippen LogP contribution is -2.31. The molecule has 2 aromatic rings. The summed E-state index contributed by atoms with van der Waals surface area (Å²) in [5.74, 6) is 0.0799. The molecule has 3 nitrogen and oxygen atoms in total. The minimum atomic E-state index is 0.0473. The van der Waals surface area contributed by atoms with Crippen LogP contribution in [0.25, 0.3) is 0 Å². The number of hydrogen-bond acceptors (Lipinski definition) is 4. The maximum atomic E-state index is 12.3. The lowest BCUT2D eigenvalue weighted by molar-refractivity contribution is 0.0911. The first kappa shape index (κ1) is 15.4. The van der Waals surface area contributed by atoms with Gasteiger partial charge in [-0.05, 0) is 32.9 Å². The molecule has 20 heavy (non-hydrogen) atoms. The first-order valence-corrected chi connectivity index (χ1v) is 8.01. The lowest BCUT2D eigenvalue weighted by Gasteiger charge is -2.20. The summed E-state index contributed by atoms with van der Waals surface area (Å²) < 4.78 is 0.844. The van der Waals surface area contributed by atoms with Gasteiger partial charge >= 0.3 is 0 Å². The fourth-order valence-corrected chi connectivity index (χ4v) is 3.49. The molecular weight excluding hydrogens is 338 g/mol. The predicted molar refractivity (Wildman–Crippen MR) is 85.2 cm³/mol. The maximum absolute atomic E-state index is 12.3. The van der Waals surface area contributed by atoms with Crippen molar-refractivity contribution in [1.82, 2.24) is 4.90 Å². The number of nitrogens with zero attached hydrogens (tertiary/aromatic N) is 1. The Kier molecular flexibility index (Phi) is 5.91. The van der Waals surface area contributed by atoms with E-state index in [2.05, 4.69) is 15.9 Å². The molecule has 1 aromatic heterocycles. The monoisotopic (exact) mass is 353 g/mol. The van der Waals surface area contributed by atoms with Crippen molar-refractivity contribution < 1.29 is 9.90 Å². The first-order chi connectivity index (χ1) is 9.70. The van der Waals surface area contributed by atoms with E-state index in [1.165, 1.54) is 11.3 Å². The zero-order valence-corrected chi connectivity index (χ0v) is 13.4. The molecule has 0 aliphatic carbocycles. The number of carbonyl (C=O) groups is 1. The molecule has 0 bridgehead atoms. The average molecular weight is 354 g/mol. The first-order valence-electron chi connectivity index (χ1n) is 6.34. The van der Waals surface area contributed by atoms with Gasteiger partial charge in [0, 0.05) is 17.6 Å². The molecule has 0 unspecified atom stereocenters. The summed E-state index contributed by atoms with van der Waals surface area (Å²) in [6, 6.07) is 11.8. The molecule has 0 radical (unpaired) electrons. The zero-order chi connectivity index (χ0) is 14.4. The number of thiophene rings is 1. The minimum Gasteiger partial charge on any atom is -0.395 e. The molecule has 1 aromatic carbocycles. The molecule has 5 heteroatoms. The fraction of sp³-hybridized carbons (Fsp3) is 0.267. The normalized spacial score (nSPS) is 10.9. The number of rotatable bonds is 7. The Morgan fingerprint density at radius 1 is 1.25 bits per heavy atom. The van der Waals surface area contributed by atoms with Crippen molar-refractivity contribution in [2.24, 2.45) is 0 Å². The molecule has 1 heterocycles. The van der Waals surface area contributed by atoms with Gasteiger partial charge in [0.1, 0.15) is 0 Å². The maximum Gasteiger partial charge on any atom is 0.187 e. The summed E-state index contributed by atoms with van der Waals surface area (Å²) >= 11 is 4.82. The molecule has 0 spiro atoms. The van der Waals surface area contributed by atoms with Crippen molar-refractivity contribution in [3.8, 4) is 0 Å². The van der Waals surface area contributed by atoms with Crippen LogP contribution in [0.5, 0.6) is 0 Å². The van der Waals surface area contributed by atoms with E-state index in [1.54, 1.807) is 0 Å². The van der Waals surface area contributed by atoms with Crippen LogP contribution in [-0.4, -0.2) is 35.5 Å². The Bertz CT molecular complexity index is 556. The molecule has 0 atom stereocenters. The van der Waals surface area contributed by atoms with E-state index < -0.39 is 0 Å². The average Bonchev–Trinajstić information content (AvgIpc) is 2.86. The van der Waals surface area contributed by atoms with Crippen LogP contribution < -0.4 is 0 Å². The molecule has 0 saturated heterocycles. The van der Waals surface area contributed by atoms with Crippen molar-refractivity contribution in [3.05, 3.63) is 56.7 Å². The number of aliphatic hydroxyl groups excluding tert-OH is 1. The Hall–Kier alpha value is -1.01. The fourth-order valence-electron chi connectivity index (χ4n) is 1.96. The van der Waals surface area contributed by atoms with Crippen molar-refractivity contribution in [1.29, 1.82) is 0 Å². The second-order valence-corrected chi connectivity index (χ2v) is 6.21. The Labute approximate surface area is 131 Å².